The quantitative estimate of drug-likeness (QED) is 0.836. The average Bonchev–Trinajstić information content (AvgIpc) is 2.63. The predicted octanol–water partition coefficient (Wildman–Crippen LogP) is 3.04. The molecule has 3 nitrogen and oxygen atoms in total. The van der Waals surface area contributed by atoms with Crippen LogP contribution in [-0.4, -0.2) is 47.9 Å². The first-order chi connectivity index (χ1) is 9.75. The van der Waals surface area contributed by atoms with E-state index in [9.17, 15) is 4.79 Å². The molecule has 2 aliphatic rings. The molecular formula is C16H21ClN2O. The number of nitrogens with zero attached hydrogens (tertiary/aromatic N) is 2. The van der Waals surface area contributed by atoms with E-state index >= 15 is 0 Å². The van der Waals surface area contributed by atoms with E-state index in [4.69, 9.17) is 11.6 Å². The highest BCUT2D eigenvalue weighted by atomic mass is 35.5. The lowest BCUT2D eigenvalue weighted by atomic mass is 9.91. The predicted molar refractivity (Wildman–Crippen MR) is 81.2 cm³/mol. The second-order valence-corrected chi connectivity index (χ2v) is 6.15. The molecule has 1 aromatic rings. The van der Waals surface area contributed by atoms with Gasteiger partial charge in [-0.1, -0.05) is 30.2 Å². The fourth-order valence-electron chi connectivity index (χ4n) is 3.06. The third kappa shape index (κ3) is 2.84. The van der Waals surface area contributed by atoms with Crippen LogP contribution in [0.1, 0.15) is 36.0 Å². The topological polar surface area (TPSA) is 23.6 Å². The highest BCUT2D eigenvalue weighted by Gasteiger charge is 2.28. The van der Waals surface area contributed by atoms with Gasteiger partial charge in [0.1, 0.15) is 0 Å². The Hall–Kier alpha value is -1.06. The standard InChI is InChI=1S/C16H21ClN2O/c17-15-8-2-1-7-14(15)16(20)19-10-4-9-18(11-12-19)13-5-3-6-13/h1-2,7-8,13H,3-6,9-12H2. The third-order valence-electron chi connectivity index (χ3n) is 4.51. The van der Waals surface area contributed by atoms with Gasteiger partial charge in [0.25, 0.3) is 5.91 Å². The molecule has 1 aromatic carbocycles. The Bertz CT molecular complexity index is 487. The van der Waals surface area contributed by atoms with Gasteiger partial charge in [0.15, 0.2) is 0 Å². The first kappa shape index (κ1) is 13.9. The number of carbonyl (C=O) groups is 1. The van der Waals surface area contributed by atoms with Crippen LogP contribution in [-0.2, 0) is 0 Å². The summed E-state index contributed by atoms with van der Waals surface area (Å²) in [4.78, 5) is 17.1. The van der Waals surface area contributed by atoms with Crippen LogP contribution in [0.5, 0.6) is 0 Å². The number of hydrogen-bond acceptors (Lipinski definition) is 2. The molecule has 1 saturated carbocycles. The molecule has 1 saturated heterocycles. The summed E-state index contributed by atoms with van der Waals surface area (Å²) in [7, 11) is 0. The molecule has 0 aromatic heterocycles. The molecule has 1 heterocycles. The van der Waals surface area contributed by atoms with E-state index in [0.717, 1.165) is 38.6 Å². The number of benzene rings is 1. The smallest absolute Gasteiger partial charge is 0.255 e. The van der Waals surface area contributed by atoms with E-state index in [1.165, 1.54) is 19.3 Å². The van der Waals surface area contributed by atoms with Crippen LogP contribution < -0.4 is 0 Å². The van der Waals surface area contributed by atoms with Crippen molar-refractivity contribution in [2.75, 3.05) is 26.2 Å². The molecule has 0 spiro atoms. The second-order valence-electron chi connectivity index (χ2n) is 5.75. The molecule has 0 N–H and O–H groups in total. The zero-order chi connectivity index (χ0) is 13.9. The van der Waals surface area contributed by atoms with Crippen LogP contribution >= 0.6 is 11.6 Å². The Balaban J connectivity index is 1.65. The van der Waals surface area contributed by atoms with Crippen LogP contribution in [0.4, 0.5) is 0 Å². The van der Waals surface area contributed by atoms with Crippen molar-refractivity contribution in [3.63, 3.8) is 0 Å². The maximum absolute atomic E-state index is 12.6. The van der Waals surface area contributed by atoms with Crippen molar-refractivity contribution in [2.24, 2.45) is 0 Å². The highest BCUT2D eigenvalue weighted by Crippen LogP contribution is 2.26. The lowest BCUT2D eigenvalue weighted by molar-refractivity contribution is 0.0750. The summed E-state index contributed by atoms with van der Waals surface area (Å²) in [5, 5.41) is 0.553. The molecular weight excluding hydrogens is 272 g/mol. The van der Waals surface area contributed by atoms with Gasteiger partial charge in [0.05, 0.1) is 10.6 Å². The zero-order valence-corrected chi connectivity index (χ0v) is 12.5. The second kappa shape index (κ2) is 6.15. The van der Waals surface area contributed by atoms with E-state index in [1.54, 1.807) is 6.07 Å². The van der Waals surface area contributed by atoms with E-state index < -0.39 is 0 Å². The fraction of sp³-hybridized carbons (Fsp3) is 0.562. The molecule has 1 aliphatic heterocycles. The monoisotopic (exact) mass is 292 g/mol. The molecule has 3 rings (SSSR count). The van der Waals surface area contributed by atoms with Gasteiger partial charge in [-0.25, -0.2) is 0 Å². The fourth-order valence-corrected chi connectivity index (χ4v) is 3.28. The molecule has 1 aliphatic carbocycles. The van der Waals surface area contributed by atoms with Crippen LogP contribution in [0.3, 0.4) is 0 Å². The summed E-state index contributed by atoms with van der Waals surface area (Å²) in [6.45, 7) is 3.78. The van der Waals surface area contributed by atoms with Gasteiger partial charge in [-0.2, -0.15) is 0 Å². The summed E-state index contributed by atoms with van der Waals surface area (Å²) in [5.74, 6) is 0.0751. The van der Waals surface area contributed by atoms with Gasteiger partial charge in [0.2, 0.25) is 0 Å². The van der Waals surface area contributed by atoms with Crippen molar-refractivity contribution >= 4 is 17.5 Å². The van der Waals surface area contributed by atoms with Gasteiger partial charge >= 0.3 is 0 Å². The first-order valence-corrected chi connectivity index (χ1v) is 7.91. The van der Waals surface area contributed by atoms with Crippen molar-refractivity contribution in [1.29, 1.82) is 0 Å². The van der Waals surface area contributed by atoms with E-state index in [1.807, 2.05) is 23.1 Å². The summed E-state index contributed by atoms with van der Waals surface area (Å²) in [6, 6.07) is 8.11. The van der Waals surface area contributed by atoms with Gasteiger partial charge in [0, 0.05) is 32.2 Å². The van der Waals surface area contributed by atoms with E-state index in [2.05, 4.69) is 4.90 Å². The van der Waals surface area contributed by atoms with Gasteiger partial charge in [-0.05, 0) is 31.4 Å². The average molecular weight is 293 g/mol. The molecule has 0 radical (unpaired) electrons. The Morgan fingerprint density at radius 2 is 1.85 bits per heavy atom. The van der Waals surface area contributed by atoms with Crippen LogP contribution in [0.25, 0.3) is 0 Å². The van der Waals surface area contributed by atoms with Crippen LogP contribution in [0.15, 0.2) is 24.3 Å². The number of halogens is 1. The Kier molecular flexibility index (Phi) is 4.27. The minimum atomic E-state index is 0.0751. The lowest BCUT2D eigenvalue weighted by Gasteiger charge is -2.36. The van der Waals surface area contributed by atoms with Crippen molar-refractivity contribution in [2.45, 2.75) is 31.7 Å². The molecule has 0 bridgehead atoms. The largest absolute Gasteiger partial charge is 0.337 e. The number of rotatable bonds is 2. The maximum atomic E-state index is 12.6. The summed E-state index contributed by atoms with van der Waals surface area (Å²) < 4.78 is 0. The number of amides is 1. The maximum Gasteiger partial charge on any atom is 0.255 e. The molecule has 4 heteroatoms. The SMILES string of the molecule is O=C(c1ccccc1Cl)N1CCCN(C2CCC2)CC1. The molecule has 108 valence electrons. The molecule has 20 heavy (non-hydrogen) atoms. The summed E-state index contributed by atoms with van der Waals surface area (Å²) in [6.07, 6.45) is 5.09. The first-order valence-electron chi connectivity index (χ1n) is 7.53. The zero-order valence-electron chi connectivity index (χ0n) is 11.7. The summed E-state index contributed by atoms with van der Waals surface area (Å²) >= 11 is 6.13. The molecule has 1 amide bonds. The van der Waals surface area contributed by atoms with Crippen molar-refractivity contribution < 1.29 is 4.79 Å². The third-order valence-corrected chi connectivity index (χ3v) is 4.84. The van der Waals surface area contributed by atoms with Crippen LogP contribution in [0.2, 0.25) is 5.02 Å². The Labute approximate surface area is 125 Å². The van der Waals surface area contributed by atoms with Gasteiger partial charge < -0.3 is 4.90 Å². The molecule has 0 atom stereocenters. The summed E-state index contributed by atoms with van der Waals surface area (Å²) in [5.41, 5.74) is 0.631. The highest BCUT2D eigenvalue weighted by molar-refractivity contribution is 6.33. The lowest BCUT2D eigenvalue weighted by Crippen LogP contribution is -2.42. The number of hydrogen-bond donors (Lipinski definition) is 0. The van der Waals surface area contributed by atoms with E-state index in [0.29, 0.717) is 10.6 Å². The van der Waals surface area contributed by atoms with Crippen molar-refractivity contribution in [1.82, 2.24) is 9.80 Å². The molecule has 0 unspecified atom stereocenters. The normalized spacial score (nSPS) is 21.4. The Morgan fingerprint density at radius 3 is 2.55 bits per heavy atom. The number of carbonyl (C=O) groups excluding carboxylic acids is 1. The van der Waals surface area contributed by atoms with Gasteiger partial charge in [-0.3, -0.25) is 9.69 Å². The minimum absolute atomic E-state index is 0.0751. The van der Waals surface area contributed by atoms with Gasteiger partial charge in [-0.15, -0.1) is 0 Å². The Morgan fingerprint density at radius 1 is 1.05 bits per heavy atom. The van der Waals surface area contributed by atoms with Crippen LogP contribution in [0, 0.1) is 0 Å². The molecule has 2 fully saturated rings. The van der Waals surface area contributed by atoms with Crippen molar-refractivity contribution in [3.05, 3.63) is 34.9 Å². The van der Waals surface area contributed by atoms with Crippen molar-refractivity contribution in [3.8, 4) is 0 Å². The van der Waals surface area contributed by atoms with E-state index in [-0.39, 0.29) is 5.91 Å². The minimum Gasteiger partial charge on any atom is -0.337 e.